The Kier molecular flexibility index (Phi) is 5.57. The van der Waals surface area contributed by atoms with E-state index in [2.05, 4.69) is 21.4 Å². The number of rotatable bonds is 5. The maximum atomic E-state index is 12.3. The third-order valence-corrected chi connectivity index (χ3v) is 5.16. The molecule has 0 saturated carbocycles. The lowest BCUT2D eigenvalue weighted by molar-refractivity contribution is -0.119. The molecule has 0 radical (unpaired) electrons. The zero-order chi connectivity index (χ0) is 19.4. The van der Waals surface area contributed by atoms with Gasteiger partial charge in [-0.05, 0) is 36.2 Å². The lowest BCUT2D eigenvalue weighted by Gasteiger charge is -2.15. The summed E-state index contributed by atoms with van der Waals surface area (Å²) in [6.45, 7) is 3.55. The normalized spacial score (nSPS) is 11.7. The highest BCUT2D eigenvalue weighted by Gasteiger charge is 2.14. The van der Waals surface area contributed by atoms with E-state index in [1.807, 2.05) is 49.4 Å². The number of nitrogens with zero attached hydrogens (tertiary/aromatic N) is 2. The molecule has 1 amide bonds. The fourth-order valence-electron chi connectivity index (χ4n) is 2.77. The number of aromatic amines is 1. The minimum absolute atomic E-state index is 0.0719. The Balaban J connectivity index is 1.67. The number of hydrogen-bond donors (Lipinski definition) is 2. The van der Waals surface area contributed by atoms with E-state index in [0.717, 1.165) is 28.1 Å². The smallest absolute Gasteiger partial charge is 0.346 e. The van der Waals surface area contributed by atoms with E-state index in [1.54, 1.807) is 6.92 Å². The average molecular weight is 378 g/mol. The number of amides is 1. The summed E-state index contributed by atoms with van der Waals surface area (Å²) in [4.78, 5) is 30.1. The van der Waals surface area contributed by atoms with Gasteiger partial charge in [-0.3, -0.25) is 4.79 Å². The fraction of sp³-hybridized carbons (Fsp3) is 0.200. The molecule has 1 heterocycles. The van der Waals surface area contributed by atoms with Crippen LogP contribution in [0.5, 0.6) is 0 Å². The summed E-state index contributed by atoms with van der Waals surface area (Å²) >= 11 is 1.08. The Morgan fingerprint density at radius 1 is 1.30 bits per heavy atom. The van der Waals surface area contributed by atoms with E-state index in [-0.39, 0.29) is 28.3 Å². The van der Waals surface area contributed by atoms with Crippen LogP contribution in [0.4, 0.5) is 0 Å². The standard InChI is InChI=1S/C20H18N4O2S/c1-12(15-8-7-14-5-3-4-6-16(14)9-15)22-18(25)11-27-19-17(10-21)13(2)23-20(26)24-19/h3-9,12H,11H2,1-2H3,(H,22,25)(H,23,24,26). The molecule has 27 heavy (non-hydrogen) atoms. The van der Waals surface area contributed by atoms with Crippen molar-refractivity contribution in [3.63, 3.8) is 0 Å². The van der Waals surface area contributed by atoms with Crippen molar-refractivity contribution in [1.29, 1.82) is 5.26 Å². The van der Waals surface area contributed by atoms with Crippen molar-refractivity contribution in [2.75, 3.05) is 5.75 Å². The minimum atomic E-state index is -0.529. The van der Waals surface area contributed by atoms with Gasteiger partial charge < -0.3 is 10.3 Å². The van der Waals surface area contributed by atoms with E-state index in [4.69, 9.17) is 0 Å². The predicted octanol–water partition coefficient (Wildman–Crippen LogP) is 3.07. The van der Waals surface area contributed by atoms with Gasteiger partial charge in [-0.1, -0.05) is 48.2 Å². The first-order chi connectivity index (χ1) is 13.0. The molecular weight excluding hydrogens is 360 g/mol. The number of nitrogens with one attached hydrogen (secondary N) is 2. The molecule has 1 aromatic heterocycles. The van der Waals surface area contributed by atoms with Crippen molar-refractivity contribution in [2.45, 2.75) is 24.9 Å². The third kappa shape index (κ3) is 4.36. The Morgan fingerprint density at radius 3 is 2.78 bits per heavy atom. The molecule has 0 aliphatic heterocycles. The number of fused-ring (bicyclic) bond motifs is 1. The average Bonchev–Trinajstić information content (AvgIpc) is 2.65. The molecule has 2 aromatic carbocycles. The van der Waals surface area contributed by atoms with Crippen LogP contribution in [0, 0.1) is 18.3 Å². The van der Waals surface area contributed by atoms with Crippen LogP contribution in [-0.4, -0.2) is 21.6 Å². The molecule has 2 N–H and O–H groups in total. The summed E-state index contributed by atoms with van der Waals surface area (Å²) in [5.74, 6) is -0.119. The van der Waals surface area contributed by atoms with Gasteiger partial charge in [0.05, 0.1) is 11.8 Å². The molecule has 1 atom stereocenters. The molecular formula is C20H18N4O2S. The summed E-state index contributed by atoms with van der Waals surface area (Å²) in [5, 5.41) is 14.7. The van der Waals surface area contributed by atoms with Gasteiger partial charge in [-0.2, -0.15) is 10.2 Å². The molecule has 3 rings (SSSR count). The summed E-state index contributed by atoms with van der Waals surface area (Å²) in [6, 6.07) is 16.0. The van der Waals surface area contributed by atoms with Crippen LogP contribution in [0.1, 0.15) is 29.8 Å². The molecule has 3 aromatic rings. The monoisotopic (exact) mass is 378 g/mol. The first-order valence-electron chi connectivity index (χ1n) is 8.40. The van der Waals surface area contributed by atoms with Crippen molar-refractivity contribution >= 4 is 28.4 Å². The van der Waals surface area contributed by atoms with Crippen LogP contribution in [-0.2, 0) is 4.79 Å². The van der Waals surface area contributed by atoms with Gasteiger partial charge in [0.15, 0.2) is 0 Å². The summed E-state index contributed by atoms with van der Waals surface area (Å²) < 4.78 is 0. The number of aromatic nitrogens is 2. The van der Waals surface area contributed by atoms with Crippen molar-refractivity contribution in [3.8, 4) is 6.07 Å². The number of H-pyrrole nitrogens is 1. The van der Waals surface area contributed by atoms with Gasteiger partial charge in [0.2, 0.25) is 5.91 Å². The highest BCUT2D eigenvalue weighted by molar-refractivity contribution is 8.00. The van der Waals surface area contributed by atoms with Crippen molar-refractivity contribution in [1.82, 2.24) is 15.3 Å². The maximum absolute atomic E-state index is 12.3. The third-order valence-electron chi connectivity index (χ3n) is 4.19. The zero-order valence-electron chi connectivity index (χ0n) is 14.9. The molecule has 0 saturated heterocycles. The van der Waals surface area contributed by atoms with Crippen LogP contribution < -0.4 is 11.0 Å². The molecule has 0 bridgehead atoms. The Bertz CT molecular complexity index is 1100. The molecule has 7 heteroatoms. The lowest BCUT2D eigenvalue weighted by atomic mass is 10.0. The largest absolute Gasteiger partial charge is 0.349 e. The Labute approximate surface area is 160 Å². The molecule has 136 valence electrons. The summed E-state index contributed by atoms with van der Waals surface area (Å²) in [6.07, 6.45) is 0. The molecule has 0 fully saturated rings. The zero-order valence-corrected chi connectivity index (χ0v) is 15.8. The highest BCUT2D eigenvalue weighted by atomic mass is 32.2. The number of thioether (sulfide) groups is 1. The number of benzene rings is 2. The Morgan fingerprint density at radius 2 is 2.04 bits per heavy atom. The van der Waals surface area contributed by atoms with Gasteiger partial charge in [0.25, 0.3) is 0 Å². The van der Waals surface area contributed by atoms with E-state index in [9.17, 15) is 14.9 Å². The maximum Gasteiger partial charge on any atom is 0.346 e. The molecule has 1 unspecified atom stereocenters. The number of hydrogen-bond acceptors (Lipinski definition) is 5. The molecule has 0 aliphatic carbocycles. The SMILES string of the molecule is Cc1[nH]c(=O)nc(SCC(=O)NC(C)c2ccc3ccccc3c2)c1C#N. The second-order valence-corrected chi connectivity index (χ2v) is 7.11. The first-order valence-corrected chi connectivity index (χ1v) is 9.38. The van der Waals surface area contributed by atoms with Gasteiger partial charge in [-0.25, -0.2) is 4.79 Å². The number of carbonyl (C=O) groups is 1. The molecule has 0 spiro atoms. The predicted molar refractivity (Wildman–Crippen MR) is 106 cm³/mol. The highest BCUT2D eigenvalue weighted by Crippen LogP contribution is 2.22. The number of aryl methyl sites for hydroxylation is 1. The van der Waals surface area contributed by atoms with E-state index < -0.39 is 5.69 Å². The topological polar surface area (TPSA) is 98.6 Å². The fourth-order valence-corrected chi connectivity index (χ4v) is 3.61. The second kappa shape index (κ2) is 8.06. The second-order valence-electron chi connectivity index (χ2n) is 6.14. The van der Waals surface area contributed by atoms with Gasteiger partial charge in [0, 0.05) is 5.69 Å². The van der Waals surface area contributed by atoms with Gasteiger partial charge >= 0.3 is 5.69 Å². The number of nitriles is 1. The van der Waals surface area contributed by atoms with E-state index >= 15 is 0 Å². The van der Waals surface area contributed by atoms with Crippen LogP contribution in [0.25, 0.3) is 10.8 Å². The van der Waals surface area contributed by atoms with Gasteiger partial charge in [0.1, 0.15) is 16.7 Å². The van der Waals surface area contributed by atoms with Crippen LogP contribution >= 0.6 is 11.8 Å². The first kappa shape index (κ1) is 18.7. The summed E-state index contributed by atoms with van der Waals surface area (Å²) in [5.41, 5.74) is 1.22. The summed E-state index contributed by atoms with van der Waals surface area (Å²) in [7, 11) is 0. The Hall–Kier alpha value is -3.11. The van der Waals surface area contributed by atoms with Crippen molar-refractivity contribution < 1.29 is 4.79 Å². The van der Waals surface area contributed by atoms with Crippen LogP contribution in [0.3, 0.4) is 0 Å². The quantitative estimate of drug-likeness (QED) is 0.525. The van der Waals surface area contributed by atoms with Crippen LogP contribution in [0.2, 0.25) is 0 Å². The molecule has 6 nitrogen and oxygen atoms in total. The molecule has 0 aliphatic rings. The van der Waals surface area contributed by atoms with E-state index in [1.165, 1.54) is 0 Å². The minimum Gasteiger partial charge on any atom is -0.349 e. The van der Waals surface area contributed by atoms with Crippen LogP contribution in [0.15, 0.2) is 52.3 Å². The van der Waals surface area contributed by atoms with Crippen molar-refractivity contribution in [3.05, 3.63) is 69.8 Å². The lowest BCUT2D eigenvalue weighted by Crippen LogP contribution is -2.28. The van der Waals surface area contributed by atoms with Crippen molar-refractivity contribution in [2.24, 2.45) is 0 Å². The number of carbonyl (C=O) groups excluding carboxylic acids is 1. The van der Waals surface area contributed by atoms with E-state index in [0.29, 0.717) is 5.69 Å². The van der Waals surface area contributed by atoms with Gasteiger partial charge in [-0.15, -0.1) is 0 Å².